The van der Waals surface area contributed by atoms with Crippen LogP contribution < -0.4 is 5.73 Å². The van der Waals surface area contributed by atoms with Gasteiger partial charge in [-0.05, 0) is 30.9 Å². The predicted molar refractivity (Wildman–Crippen MR) is 68.6 cm³/mol. The van der Waals surface area contributed by atoms with Crippen molar-refractivity contribution in [3.05, 3.63) is 29.9 Å². The molecule has 96 valence electrons. The fraction of sp³-hybridized carbons (Fsp3) is 0.462. The third-order valence-electron chi connectivity index (χ3n) is 2.75. The molecule has 1 atom stereocenters. The molecule has 0 saturated carbocycles. The minimum atomic E-state index is -0.201. The molecule has 5 heteroatoms. The average Bonchev–Trinajstić information content (AvgIpc) is 2.78. The highest BCUT2D eigenvalue weighted by Gasteiger charge is 2.17. The Morgan fingerprint density at radius 3 is 2.83 bits per heavy atom. The number of hydrogen-bond acceptors (Lipinski definition) is 5. The molecule has 5 nitrogen and oxygen atoms in total. The van der Waals surface area contributed by atoms with Gasteiger partial charge in [-0.15, -0.1) is 0 Å². The predicted octanol–water partition coefficient (Wildman–Crippen LogP) is 2.49. The first-order valence-corrected chi connectivity index (χ1v) is 6.08. The molecule has 0 aliphatic heterocycles. The Labute approximate surface area is 106 Å². The summed E-state index contributed by atoms with van der Waals surface area (Å²) in [7, 11) is 0. The van der Waals surface area contributed by atoms with Crippen LogP contribution in [0, 0.1) is 12.8 Å². The van der Waals surface area contributed by atoms with Crippen molar-refractivity contribution >= 4 is 0 Å². The summed E-state index contributed by atoms with van der Waals surface area (Å²) in [6, 6.07) is 1.67. The van der Waals surface area contributed by atoms with Gasteiger partial charge in [0.2, 0.25) is 11.7 Å². The van der Waals surface area contributed by atoms with Gasteiger partial charge in [-0.25, -0.2) is 0 Å². The zero-order valence-corrected chi connectivity index (χ0v) is 10.9. The van der Waals surface area contributed by atoms with Crippen molar-refractivity contribution in [1.82, 2.24) is 15.1 Å². The molecule has 0 unspecified atom stereocenters. The molecular weight excluding hydrogens is 228 g/mol. The fourth-order valence-corrected chi connectivity index (χ4v) is 1.83. The molecule has 2 rings (SSSR count). The van der Waals surface area contributed by atoms with Crippen molar-refractivity contribution in [3.63, 3.8) is 0 Å². The van der Waals surface area contributed by atoms with Crippen molar-refractivity contribution in [2.45, 2.75) is 33.2 Å². The molecule has 2 N–H and O–H groups in total. The molecule has 0 radical (unpaired) electrons. The maximum absolute atomic E-state index is 6.02. The lowest BCUT2D eigenvalue weighted by Gasteiger charge is -2.08. The highest BCUT2D eigenvalue weighted by atomic mass is 16.5. The van der Waals surface area contributed by atoms with Gasteiger partial charge in [-0.2, -0.15) is 4.98 Å². The Hall–Kier alpha value is -1.75. The summed E-state index contributed by atoms with van der Waals surface area (Å²) in [4.78, 5) is 8.40. The van der Waals surface area contributed by atoms with E-state index in [1.807, 2.05) is 13.0 Å². The highest BCUT2D eigenvalue weighted by Crippen LogP contribution is 2.22. The van der Waals surface area contributed by atoms with Crippen LogP contribution in [0.2, 0.25) is 0 Å². The van der Waals surface area contributed by atoms with Crippen molar-refractivity contribution in [1.29, 1.82) is 0 Å². The van der Waals surface area contributed by atoms with Gasteiger partial charge in [0, 0.05) is 18.0 Å². The monoisotopic (exact) mass is 246 g/mol. The Balaban J connectivity index is 2.23. The van der Waals surface area contributed by atoms with Crippen LogP contribution in [0.1, 0.15) is 37.8 Å². The number of aromatic nitrogens is 3. The molecule has 0 bridgehead atoms. The van der Waals surface area contributed by atoms with Crippen LogP contribution in [0.25, 0.3) is 11.4 Å². The summed E-state index contributed by atoms with van der Waals surface area (Å²) < 4.78 is 5.23. The molecule has 2 heterocycles. The van der Waals surface area contributed by atoms with Crippen LogP contribution in [-0.2, 0) is 0 Å². The van der Waals surface area contributed by atoms with Gasteiger partial charge >= 0.3 is 0 Å². The average molecular weight is 246 g/mol. The van der Waals surface area contributed by atoms with E-state index in [1.165, 1.54) is 0 Å². The smallest absolute Gasteiger partial charge is 0.243 e. The van der Waals surface area contributed by atoms with E-state index in [0.29, 0.717) is 17.6 Å². The first kappa shape index (κ1) is 12.7. The third kappa shape index (κ3) is 2.73. The second-order valence-corrected chi connectivity index (χ2v) is 4.88. The van der Waals surface area contributed by atoms with E-state index in [1.54, 1.807) is 12.4 Å². The largest absolute Gasteiger partial charge is 0.337 e. The minimum Gasteiger partial charge on any atom is -0.337 e. The SMILES string of the molecule is Cc1cnccc1-c1noc([C@@H](N)CC(C)C)n1. The van der Waals surface area contributed by atoms with Crippen LogP contribution in [0.4, 0.5) is 0 Å². The fourth-order valence-electron chi connectivity index (χ4n) is 1.83. The van der Waals surface area contributed by atoms with Gasteiger partial charge in [0.1, 0.15) is 0 Å². The Morgan fingerprint density at radius 1 is 1.39 bits per heavy atom. The number of aryl methyl sites for hydroxylation is 1. The van der Waals surface area contributed by atoms with Crippen LogP contribution in [0.5, 0.6) is 0 Å². The second-order valence-electron chi connectivity index (χ2n) is 4.88. The summed E-state index contributed by atoms with van der Waals surface area (Å²) in [5.41, 5.74) is 7.96. The number of nitrogens with two attached hydrogens (primary N) is 1. The molecule has 2 aromatic rings. The van der Waals surface area contributed by atoms with Gasteiger partial charge < -0.3 is 10.3 Å². The molecule has 0 spiro atoms. The van der Waals surface area contributed by atoms with E-state index in [0.717, 1.165) is 17.5 Å². The zero-order chi connectivity index (χ0) is 13.1. The lowest BCUT2D eigenvalue weighted by atomic mass is 10.0. The van der Waals surface area contributed by atoms with Crippen LogP contribution in [0.3, 0.4) is 0 Å². The maximum atomic E-state index is 6.02. The van der Waals surface area contributed by atoms with E-state index >= 15 is 0 Å². The Bertz CT molecular complexity index is 521. The highest BCUT2D eigenvalue weighted by molar-refractivity contribution is 5.57. The van der Waals surface area contributed by atoms with Gasteiger partial charge in [0.05, 0.1) is 6.04 Å². The molecule has 0 amide bonds. The topological polar surface area (TPSA) is 77.8 Å². The molecule has 0 aliphatic carbocycles. The molecule has 0 aromatic carbocycles. The Kier molecular flexibility index (Phi) is 3.72. The molecule has 0 saturated heterocycles. The van der Waals surface area contributed by atoms with Gasteiger partial charge in [-0.1, -0.05) is 19.0 Å². The van der Waals surface area contributed by atoms with Crippen molar-refractivity contribution in [3.8, 4) is 11.4 Å². The van der Waals surface area contributed by atoms with Crippen molar-refractivity contribution in [2.75, 3.05) is 0 Å². The normalized spacial score (nSPS) is 12.9. The molecule has 0 aliphatic rings. The van der Waals surface area contributed by atoms with Crippen LogP contribution in [0.15, 0.2) is 23.0 Å². The van der Waals surface area contributed by atoms with E-state index in [-0.39, 0.29) is 6.04 Å². The van der Waals surface area contributed by atoms with E-state index in [4.69, 9.17) is 10.3 Å². The van der Waals surface area contributed by atoms with Crippen LogP contribution >= 0.6 is 0 Å². The summed E-state index contributed by atoms with van der Waals surface area (Å²) in [5, 5.41) is 3.98. The standard InChI is InChI=1S/C13H18N4O/c1-8(2)6-11(14)13-16-12(17-18-13)10-4-5-15-7-9(10)3/h4-5,7-8,11H,6,14H2,1-3H3/t11-/m0/s1. The van der Waals surface area contributed by atoms with E-state index in [9.17, 15) is 0 Å². The van der Waals surface area contributed by atoms with Gasteiger partial charge in [0.15, 0.2) is 0 Å². The molecule has 2 aromatic heterocycles. The lowest BCUT2D eigenvalue weighted by molar-refractivity contribution is 0.335. The number of rotatable bonds is 4. The van der Waals surface area contributed by atoms with Gasteiger partial charge in [0.25, 0.3) is 0 Å². The van der Waals surface area contributed by atoms with E-state index < -0.39 is 0 Å². The summed E-state index contributed by atoms with van der Waals surface area (Å²) >= 11 is 0. The van der Waals surface area contributed by atoms with E-state index in [2.05, 4.69) is 29.0 Å². The summed E-state index contributed by atoms with van der Waals surface area (Å²) in [5.74, 6) is 1.57. The lowest BCUT2D eigenvalue weighted by Crippen LogP contribution is -2.13. The molecule has 18 heavy (non-hydrogen) atoms. The second kappa shape index (κ2) is 5.27. The first-order valence-electron chi connectivity index (χ1n) is 6.08. The zero-order valence-electron chi connectivity index (χ0n) is 10.9. The first-order chi connectivity index (χ1) is 8.58. The Morgan fingerprint density at radius 2 is 2.17 bits per heavy atom. The molecule has 0 fully saturated rings. The minimum absolute atomic E-state index is 0.201. The van der Waals surface area contributed by atoms with Gasteiger partial charge in [-0.3, -0.25) is 4.98 Å². The number of nitrogens with zero attached hydrogens (tertiary/aromatic N) is 3. The van der Waals surface area contributed by atoms with Crippen molar-refractivity contribution in [2.24, 2.45) is 11.7 Å². The summed E-state index contributed by atoms with van der Waals surface area (Å²) in [6.07, 6.45) is 4.32. The summed E-state index contributed by atoms with van der Waals surface area (Å²) in [6.45, 7) is 6.20. The third-order valence-corrected chi connectivity index (χ3v) is 2.75. The number of pyridine rings is 1. The quantitative estimate of drug-likeness (QED) is 0.896. The number of hydrogen-bond donors (Lipinski definition) is 1. The maximum Gasteiger partial charge on any atom is 0.243 e. The van der Waals surface area contributed by atoms with Crippen LogP contribution in [-0.4, -0.2) is 15.1 Å². The van der Waals surface area contributed by atoms with Crippen molar-refractivity contribution < 1.29 is 4.52 Å². The molecular formula is C13H18N4O.